The van der Waals surface area contributed by atoms with E-state index >= 15 is 0 Å². The predicted octanol–water partition coefficient (Wildman–Crippen LogP) is 4.32. The van der Waals surface area contributed by atoms with Crippen molar-refractivity contribution in [1.82, 2.24) is 0 Å². The Balaban J connectivity index is 2.17. The fourth-order valence-electron chi connectivity index (χ4n) is 2.03. The highest BCUT2D eigenvalue weighted by molar-refractivity contribution is 5.72. The van der Waals surface area contributed by atoms with Gasteiger partial charge in [0.2, 0.25) is 0 Å². The van der Waals surface area contributed by atoms with Gasteiger partial charge in [-0.25, -0.2) is 0 Å². The summed E-state index contributed by atoms with van der Waals surface area (Å²) in [5, 5.41) is 0. The molecule has 0 aliphatic carbocycles. The zero-order valence-corrected chi connectivity index (χ0v) is 12.5. The van der Waals surface area contributed by atoms with Crippen LogP contribution in [0.3, 0.4) is 0 Å². The lowest BCUT2D eigenvalue weighted by atomic mass is 10.00. The number of esters is 1. The lowest BCUT2D eigenvalue weighted by Crippen LogP contribution is -2.07. The van der Waals surface area contributed by atoms with Crippen molar-refractivity contribution < 1.29 is 9.53 Å². The van der Waals surface area contributed by atoms with Crippen LogP contribution >= 0.6 is 0 Å². The molecule has 0 bridgehead atoms. The lowest BCUT2D eigenvalue weighted by Gasteiger charge is -2.07. The van der Waals surface area contributed by atoms with Crippen molar-refractivity contribution in [2.75, 3.05) is 6.61 Å². The molecule has 0 fully saturated rings. The minimum atomic E-state index is -0.184. The molecule has 1 atom stereocenters. The van der Waals surface area contributed by atoms with Gasteiger partial charge in [0.25, 0.3) is 0 Å². The van der Waals surface area contributed by atoms with Gasteiger partial charge in [0.05, 0.1) is 6.42 Å². The van der Waals surface area contributed by atoms with Crippen molar-refractivity contribution >= 4 is 5.97 Å². The molecule has 2 heteroatoms. The van der Waals surface area contributed by atoms with Gasteiger partial charge < -0.3 is 4.74 Å². The third-order valence-electron chi connectivity index (χ3n) is 2.93. The van der Waals surface area contributed by atoms with Gasteiger partial charge in [0.1, 0.15) is 6.61 Å². The van der Waals surface area contributed by atoms with Gasteiger partial charge in [-0.3, -0.25) is 4.79 Å². The van der Waals surface area contributed by atoms with E-state index in [0.29, 0.717) is 18.9 Å². The first-order chi connectivity index (χ1) is 9.58. The smallest absolute Gasteiger partial charge is 0.310 e. The molecule has 108 valence electrons. The average Bonchev–Trinajstić information content (AvgIpc) is 2.38. The Hall–Kier alpha value is -1.83. The van der Waals surface area contributed by atoms with Crippen LogP contribution in [0.4, 0.5) is 0 Å². The summed E-state index contributed by atoms with van der Waals surface area (Å²) in [5.41, 5.74) is 2.19. The molecule has 1 aromatic carbocycles. The highest BCUT2D eigenvalue weighted by Gasteiger charge is 2.03. The van der Waals surface area contributed by atoms with Gasteiger partial charge in [-0.05, 0) is 31.2 Å². The van der Waals surface area contributed by atoms with E-state index in [1.807, 2.05) is 43.3 Å². The van der Waals surface area contributed by atoms with Crippen LogP contribution in [0.25, 0.3) is 0 Å². The van der Waals surface area contributed by atoms with Crippen LogP contribution in [-0.2, 0) is 16.0 Å². The maximum absolute atomic E-state index is 11.6. The molecule has 0 radical (unpaired) electrons. The van der Waals surface area contributed by atoms with E-state index < -0.39 is 0 Å². The Kier molecular flexibility index (Phi) is 7.41. The maximum Gasteiger partial charge on any atom is 0.310 e. The number of hydrogen-bond acceptors (Lipinski definition) is 2. The van der Waals surface area contributed by atoms with Crippen molar-refractivity contribution in [2.45, 2.75) is 33.1 Å². The summed E-state index contributed by atoms with van der Waals surface area (Å²) >= 11 is 0. The van der Waals surface area contributed by atoms with Gasteiger partial charge in [0, 0.05) is 0 Å². The standard InChI is InChI=1S/C18H24O2/c1-15(2)13-16(3)9-7-8-12-20-18(19)14-17-10-5-4-6-11-17/h4-8,10-11,16H,1,9,12-14H2,2-3H3/b8-7+. The van der Waals surface area contributed by atoms with E-state index in [9.17, 15) is 4.79 Å². The summed E-state index contributed by atoms with van der Waals surface area (Å²) in [6.45, 7) is 8.50. The number of carbonyl (C=O) groups is 1. The summed E-state index contributed by atoms with van der Waals surface area (Å²) in [6.07, 6.45) is 6.35. The second-order valence-electron chi connectivity index (χ2n) is 5.32. The fraction of sp³-hybridized carbons (Fsp3) is 0.389. The van der Waals surface area contributed by atoms with Crippen LogP contribution in [0.2, 0.25) is 0 Å². The number of benzene rings is 1. The number of rotatable bonds is 8. The number of carbonyl (C=O) groups excluding carboxylic acids is 1. The molecule has 0 aromatic heterocycles. The van der Waals surface area contributed by atoms with Crippen molar-refractivity contribution in [3.8, 4) is 0 Å². The molecular weight excluding hydrogens is 248 g/mol. The number of hydrogen-bond donors (Lipinski definition) is 0. The van der Waals surface area contributed by atoms with Crippen LogP contribution in [-0.4, -0.2) is 12.6 Å². The van der Waals surface area contributed by atoms with Crippen molar-refractivity contribution in [3.63, 3.8) is 0 Å². The molecule has 0 aliphatic rings. The molecule has 20 heavy (non-hydrogen) atoms. The molecule has 0 heterocycles. The monoisotopic (exact) mass is 272 g/mol. The molecule has 2 nitrogen and oxygen atoms in total. The molecule has 1 aromatic rings. The summed E-state index contributed by atoms with van der Waals surface area (Å²) in [5.74, 6) is 0.402. The van der Waals surface area contributed by atoms with E-state index in [0.717, 1.165) is 18.4 Å². The predicted molar refractivity (Wildman–Crippen MR) is 83.5 cm³/mol. The molecule has 0 saturated heterocycles. The Bertz CT molecular complexity index is 446. The molecular formula is C18H24O2. The third kappa shape index (κ3) is 7.57. The van der Waals surface area contributed by atoms with Gasteiger partial charge in [-0.1, -0.05) is 55.0 Å². The normalized spacial score (nSPS) is 12.3. The van der Waals surface area contributed by atoms with Crippen LogP contribution in [0.15, 0.2) is 54.6 Å². The number of allylic oxidation sites excluding steroid dienone is 2. The lowest BCUT2D eigenvalue weighted by molar-refractivity contribution is -0.141. The van der Waals surface area contributed by atoms with Crippen LogP contribution in [0.5, 0.6) is 0 Å². The molecule has 0 saturated carbocycles. The Morgan fingerprint density at radius 1 is 1.30 bits per heavy atom. The van der Waals surface area contributed by atoms with Gasteiger partial charge in [-0.15, -0.1) is 6.58 Å². The molecule has 1 rings (SSSR count). The maximum atomic E-state index is 11.6. The van der Waals surface area contributed by atoms with Crippen molar-refractivity contribution in [1.29, 1.82) is 0 Å². The number of ether oxygens (including phenoxy) is 1. The zero-order chi connectivity index (χ0) is 14.8. The first-order valence-electron chi connectivity index (χ1n) is 7.07. The Labute approximate surface area is 122 Å². The fourth-order valence-corrected chi connectivity index (χ4v) is 2.03. The Morgan fingerprint density at radius 2 is 2.00 bits per heavy atom. The van der Waals surface area contributed by atoms with Gasteiger partial charge in [-0.2, -0.15) is 0 Å². The quantitative estimate of drug-likeness (QED) is 0.520. The second kappa shape index (κ2) is 9.13. The van der Waals surface area contributed by atoms with E-state index in [4.69, 9.17) is 4.74 Å². The van der Waals surface area contributed by atoms with Crippen LogP contribution in [0.1, 0.15) is 32.3 Å². The first-order valence-corrected chi connectivity index (χ1v) is 7.07. The molecule has 0 amide bonds. The average molecular weight is 272 g/mol. The van der Waals surface area contributed by atoms with E-state index in [-0.39, 0.29) is 5.97 Å². The molecule has 0 aliphatic heterocycles. The van der Waals surface area contributed by atoms with Gasteiger partial charge in [0.15, 0.2) is 0 Å². The SMILES string of the molecule is C=C(C)CC(C)C/C=C/COC(=O)Cc1ccccc1. The summed E-state index contributed by atoms with van der Waals surface area (Å²) in [4.78, 5) is 11.6. The van der Waals surface area contributed by atoms with Gasteiger partial charge >= 0.3 is 5.97 Å². The van der Waals surface area contributed by atoms with Crippen LogP contribution in [0, 0.1) is 5.92 Å². The first kappa shape index (κ1) is 16.2. The van der Waals surface area contributed by atoms with Crippen molar-refractivity contribution in [2.24, 2.45) is 5.92 Å². The summed E-state index contributed by atoms with van der Waals surface area (Å²) in [7, 11) is 0. The Morgan fingerprint density at radius 3 is 2.65 bits per heavy atom. The minimum Gasteiger partial charge on any atom is -0.461 e. The molecule has 1 unspecified atom stereocenters. The largest absolute Gasteiger partial charge is 0.461 e. The topological polar surface area (TPSA) is 26.3 Å². The van der Waals surface area contributed by atoms with Crippen LogP contribution < -0.4 is 0 Å². The van der Waals surface area contributed by atoms with E-state index in [1.54, 1.807) is 0 Å². The highest BCUT2D eigenvalue weighted by Crippen LogP contribution is 2.13. The molecule has 0 N–H and O–H groups in total. The highest BCUT2D eigenvalue weighted by atomic mass is 16.5. The third-order valence-corrected chi connectivity index (χ3v) is 2.93. The minimum absolute atomic E-state index is 0.184. The van der Waals surface area contributed by atoms with Crippen molar-refractivity contribution in [3.05, 3.63) is 60.2 Å². The summed E-state index contributed by atoms with van der Waals surface area (Å²) in [6, 6.07) is 9.63. The summed E-state index contributed by atoms with van der Waals surface area (Å²) < 4.78 is 5.17. The zero-order valence-electron chi connectivity index (χ0n) is 12.5. The van der Waals surface area contributed by atoms with E-state index in [2.05, 4.69) is 19.6 Å². The molecule has 0 spiro atoms. The van der Waals surface area contributed by atoms with E-state index in [1.165, 1.54) is 5.57 Å². The second-order valence-corrected chi connectivity index (χ2v) is 5.32.